The summed E-state index contributed by atoms with van der Waals surface area (Å²) in [4.78, 5) is 12.7. The molecule has 1 aliphatic carbocycles. The van der Waals surface area contributed by atoms with E-state index in [9.17, 15) is 4.79 Å². The van der Waals surface area contributed by atoms with Crippen molar-refractivity contribution in [3.8, 4) is 0 Å². The van der Waals surface area contributed by atoms with Crippen LogP contribution in [-0.2, 0) is 4.79 Å². The first-order valence-corrected chi connectivity index (χ1v) is 5.21. The minimum Gasteiger partial charge on any atom is -0.395 e. The fraction of sp³-hybridized carbons (Fsp3) is 0.417. The van der Waals surface area contributed by atoms with Crippen molar-refractivity contribution in [2.75, 3.05) is 19.7 Å². The number of nitrogens with zero attached hydrogens (tertiary/aromatic N) is 1. The molecule has 1 rings (SSSR count). The van der Waals surface area contributed by atoms with Gasteiger partial charge in [-0.05, 0) is 25.5 Å². The Kier molecular flexibility index (Phi) is 4.84. The van der Waals surface area contributed by atoms with Crippen molar-refractivity contribution in [2.45, 2.75) is 13.3 Å². The molecule has 0 saturated heterocycles. The van der Waals surface area contributed by atoms with Gasteiger partial charge >= 0.3 is 0 Å². The van der Waals surface area contributed by atoms with Gasteiger partial charge in [0, 0.05) is 24.4 Å². The van der Waals surface area contributed by atoms with Crippen molar-refractivity contribution in [3.63, 3.8) is 0 Å². The van der Waals surface area contributed by atoms with Crippen molar-refractivity contribution < 1.29 is 9.90 Å². The lowest BCUT2D eigenvalue weighted by molar-refractivity contribution is -0.104. The normalized spacial score (nSPS) is 15.3. The Labute approximate surface area is 90.4 Å². The maximum atomic E-state index is 10.6. The van der Waals surface area contributed by atoms with Crippen LogP contribution in [0.25, 0.3) is 0 Å². The monoisotopic (exact) mass is 207 g/mol. The number of aliphatic hydroxyl groups excluding tert-OH is 1. The number of hydrogen-bond acceptors (Lipinski definition) is 3. The molecular weight excluding hydrogens is 190 g/mol. The van der Waals surface area contributed by atoms with Crippen LogP contribution in [0.3, 0.4) is 0 Å². The molecule has 15 heavy (non-hydrogen) atoms. The number of carbonyl (C=O) groups is 1. The maximum absolute atomic E-state index is 10.6. The largest absolute Gasteiger partial charge is 0.395 e. The first-order valence-electron chi connectivity index (χ1n) is 5.21. The summed E-state index contributed by atoms with van der Waals surface area (Å²) in [6.45, 7) is 3.67. The molecular formula is C12H17NO2. The van der Waals surface area contributed by atoms with Crippen LogP contribution in [0.15, 0.2) is 35.6 Å². The zero-order valence-electron chi connectivity index (χ0n) is 9.02. The van der Waals surface area contributed by atoms with Crippen molar-refractivity contribution >= 4 is 6.29 Å². The third kappa shape index (κ3) is 3.36. The van der Waals surface area contributed by atoms with Gasteiger partial charge in [0.1, 0.15) is 6.29 Å². The predicted molar refractivity (Wildman–Crippen MR) is 60.3 cm³/mol. The highest BCUT2D eigenvalue weighted by molar-refractivity contribution is 5.77. The molecule has 3 heteroatoms. The Balaban J connectivity index is 2.72. The highest BCUT2D eigenvalue weighted by Crippen LogP contribution is 2.13. The Hall–Kier alpha value is -1.35. The quantitative estimate of drug-likeness (QED) is 0.690. The molecule has 0 radical (unpaired) electrons. The zero-order chi connectivity index (χ0) is 11.1. The van der Waals surface area contributed by atoms with Gasteiger partial charge in [-0.2, -0.15) is 0 Å². The molecule has 0 unspecified atom stereocenters. The van der Waals surface area contributed by atoms with Crippen molar-refractivity contribution in [1.29, 1.82) is 0 Å². The zero-order valence-corrected chi connectivity index (χ0v) is 9.02. The van der Waals surface area contributed by atoms with Gasteiger partial charge < -0.3 is 10.0 Å². The Morgan fingerprint density at radius 1 is 1.47 bits per heavy atom. The van der Waals surface area contributed by atoms with Crippen LogP contribution >= 0.6 is 0 Å². The summed E-state index contributed by atoms with van der Waals surface area (Å²) in [5.74, 6) is 0. The minimum atomic E-state index is 0.146. The number of likely N-dealkylation sites (N-methyl/N-ethyl adjacent to an activating group) is 1. The van der Waals surface area contributed by atoms with E-state index in [0.29, 0.717) is 12.1 Å². The molecule has 0 spiro atoms. The number of carbonyl (C=O) groups excluding carboxylic acids is 1. The van der Waals surface area contributed by atoms with Gasteiger partial charge in [-0.3, -0.25) is 4.79 Å². The summed E-state index contributed by atoms with van der Waals surface area (Å²) in [6.07, 6.45) is 9.31. The third-order valence-corrected chi connectivity index (χ3v) is 2.38. The number of rotatable bonds is 5. The Morgan fingerprint density at radius 3 is 2.87 bits per heavy atom. The summed E-state index contributed by atoms with van der Waals surface area (Å²) in [5, 5.41) is 8.90. The average molecular weight is 207 g/mol. The van der Waals surface area contributed by atoms with E-state index in [1.54, 1.807) is 0 Å². The predicted octanol–water partition coefficient (Wildman–Crippen LogP) is 1.27. The van der Waals surface area contributed by atoms with E-state index in [1.807, 2.05) is 25.2 Å². The molecule has 0 saturated carbocycles. The highest BCUT2D eigenvalue weighted by Gasteiger charge is 2.05. The van der Waals surface area contributed by atoms with Crippen LogP contribution in [0.2, 0.25) is 0 Å². The Morgan fingerprint density at radius 2 is 2.27 bits per heavy atom. The fourth-order valence-corrected chi connectivity index (χ4v) is 1.55. The van der Waals surface area contributed by atoms with Crippen LogP contribution in [0.4, 0.5) is 0 Å². The molecule has 1 N–H and O–H groups in total. The van der Waals surface area contributed by atoms with Gasteiger partial charge in [0.15, 0.2) is 0 Å². The van der Waals surface area contributed by atoms with Crippen LogP contribution in [0.1, 0.15) is 13.3 Å². The van der Waals surface area contributed by atoms with E-state index >= 15 is 0 Å². The molecule has 3 nitrogen and oxygen atoms in total. The summed E-state index contributed by atoms with van der Waals surface area (Å²) in [6, 6.07) is 0. The van der Waals surface area contributed by atoms with Gasteiger partial charge in [0.2, 0.25) is 0 Å². The SMILES string of the molecule is CCN(CCO)C1=CCC=C(C=O)C=C1. The van der Waals surface area contributed by atoms with Crippen LogP contribution in [0, 0.1) is 0 Å². The molecule has 0 fully saturated rings. The van der Waals surface area contributed by atoms with Gasteiger partial charge in [-0.25, -0.2) is 0 Å². The fourth-order valence-electron chi connectivity index (χ4n) is 1.55. The smallest absolute Gasteiger partial charge is 0.149 e. The summed E-state index contributed by atoms with van der Waals surface area (Å²) in [5.41, 5.74) is 1.78. The molecule has 0 aromatic carbocycles. The lowest BCUT2D eigenvalue weighted by Gasteiger charge is -2.22. The molecule has 0 aliphatic heterocycles. The van der Waals surface area contributed by atoms with Crippen LogP contribution in [0.5, 0.6) is 0 Å². The van der Waals surface area contributed by atoms with E-state index in [2.05, 4.69) is 11.0 Å². The van der Waals surface area contributed by atoms with E-state index in [-0.39, 0.29) is 6.61 Å². The first-order chi connectivity index (χ1) is 7.31. The lowest BCUT2D eigenvalue weighted by Crippen LogP contribution is -2.25. The van der Waals surface area contributed by atoms with Crippen molar-refractivity contribution in [3.05, 3.63) is 35.6 Å². The van der Waals surface area contributed by atoms with Gasteiger partial charge in [0.05, 0.1) is 6.61 Å². The third-order valence-electron chi connectivity index (χ3n) is 2.38. The van der Waals surface area contributed by atoms with Crippen LogP contribution < -0.4 is 0 Å². The first kappa shape index (κ1) is 11.7. The topological polar surface area (TPSA) is 40.5 Å². The molecule has 82 valence electrons. The van der Waals surface area contributed by atoms with Gasteiger partial charge in [-0.1, -0.05) is 12.2 Å². The molecule has 0 bridgehead atoms. The van der Waals surface area contributed by atoms with Crippen molar-refractivity contribution in [2.24, 2.45) is 0 Å². The average Bonchev–Trinajstić information content (AvgIpc) is 2.51. The number of allylic oxidation sites excluding steroid dienone is 5. The van der Waals surface area contributed by atoms with E-state index < -0.39 is 0 Å². The minimum absolute atomic E-state index is 0.146. The van der Waals surface area contributed by atoms with Crippen LogP contribution in [-0.4, -0.2) is 36.0 Å². The molecule has 0 atom stereocenters. The molecule has 0 heterocycles. The molecule has 0 amide bonds. The number of aliphatic hydroxyl groups is 1. The van der Waals surface area contributed by atoms with Gasteiger partial charge in [-0.15, -0.1) is 0 Å². The summed E-state index contributed by atoms with van der Waals surface area (Å²) < 4.78 is 0. The second-order valence-electron chi connectivity index (χ2n) is 3.32. The summed E-state index contributed by atoms with van der Waals surface area (Å²) >= 11 is 0. The second kappa shape index (κ2) is 6.19. The molecule has 0 aromatic heterocycles. The standard InChI is InChI=1S/C12H17NO2/c1-2-13(8-9-14)12-5-3-4-11(10-15)6-7-12/h4-7,10,14H,2-3,8-9H2,1H3. The van der Waals surface area contributed by atoms with Gasteiger partial charge in [0.25, 0.3) is 0 Å². The Bertz CT molecular complexity index is 303. The number of hydrogen-bond donors (Lipinski definition) is 1. The summed E-state index contributed by atoms with van der Waals surface area (Å²) in [7, 11) is 0. The van der Waals surface area contributed by atoms with E-state index in [4.69, 9.17) is 5.11 Å². The van der Waals surface area contributed by atoms with E-state index in [0.717, 1.165) is 24.9 Å². The highest BCUT2D eigenvalue weighted by atomic mass is 16.3. The number of aldehydes is 1. The molecule has 0 aromatic rings. The molecule has 1 aliphatic rings. The van der Waals surface area contributed by atoms with E-state index in [1.165, 1.54) is 0 Å². The maximum Gasteiger partial charge on any atom is 0.149 e. The second-order valence-corrected chi connectivity index (χ2v) is 3.32. The van der Waals surface area contributed by atoms with Crippen molar-refractivity contribution in [1.82, 2.24) is 4.90 Å². The lowest BCUT2D eigenvalue weighted by atomic mass is 10.2.